The van der Waals surface area contributed by atoms with Crippen molar-refractivity contribution in [1.29, 1.82) is 0 Å². The SMILES string of the molecule is Cc1cc(C(=O)COCCC(F)(F)F)c(C)n1C. The van der Waals surface area contributed by atoms with Crippen molar-refractivity contribution in [2.45, 2.75) is 26.4 Å². The molecule has 102 valence electrons. The summed E-state index contributed by atoms with van der Waals surface area (Å²) >= 11 is 0. The highest BCUT2D eigenvalue weighted by molar-refractivity contribution is 5.98. The first kappa shape index (κ1) is 14.8. The molecule has 0 N–H and O–H groups in total. The van der Waals surface area contributed by atoms with Crippen LogP contribution in [0.2, 0.25) is 0 Å². The maximum atomic E-state index is 11.9. The molecular weight excluding hydrogens is 247 g/mol. The number of hydrogen-bond acceptors (Lipinski definition) is 2. The molecule has 6 heteroatoms. The molecule has 0 fully saturated rings. The monoisotopic (exact) mass is 263 g/mol. The van der Waals surface area contributed by atoms with Gasteiger partial charge in [-0.25, -0.2) is 0 Å². The standard InChI is InChI=1S/C12H16F3NO2/c1-8-6-10(9(2)16(8)3)11(17)7-18-5-4-12(13,14)15/h6H,4-5,7H2,1-3H3. The predicted molar refractivity (Wildman–Crippen MR) is 60.7 cm³/mol. The number of Topliss-reactive ketones (excluding diaryl/α,β-unsaturated/α-hetero) is 1. The summed E-state index contributed by atoms with van der Waals surface area (Å²) in [5.41, 5.74) is 2.21. The zero-order valence-electron chi connectivity index (χ0n) is 10.6. The number of ketones is 1. The molecule has 0 saturated heterocycles. The molecule has 1 aromatic rings. The van der Waals surface area contributed by atoms with Crippen molar-refractivity contribution in [3.8, 4) is 0 Å². The zero-order valence-corrected chi connectivity index (χ0v) is 10.6. The summed E-state index contributed by atoms with van der Waals surface area (Å²) in [5.74, 6) is -0.293. The van der Waals surface area contributed by atoms with E-state index >= 15 is 0 Å². The van der Waals surface area contributed by atoms with E-state index in [-0.39, 0.29) is 12.4 Å². The fourth-order valence-electron chi connectivity index (χ4n) is 1.57. The molecule has 0 unspecified atom stereocenters. The van der Waals surface area contributed by atoms with Gasteiger partial charge < -0.3 is 9.30 Å². The van der Waals surface area contributed by atoms with E-state index in [0.29, 0.717) is 5.56 Å². The first-order chi connectivity index (χ1) is 8.22. The smallest absolute Gasteiger partial charge is 0.373 e. The molecule has 0 aliphatic heterocycles. The van der Waals surface area contributed by atoms with Crippen LogP contribution < -0.4 is 0 Å². The minimum atomic E-state index is -4.25. The maximum absolute atomic E-state index is 11.9. The molecule has 3 nitrogen and oxygen atoms in total. The second-order valence-corrected chi connectivity index (χ2v) is 4.18. The fraction of sp³-hybridized carbons (Fsp3) is 0.583. The number of halogens is 3. The summed E-state index contributed by atoms with van der Waals surface area (Å²) in [5, 5.41) is 0. The lowest BCUT2D eigenvalue weighted by Gasteiger charge is -2.06. The van der Waals surface area contributed by atoms with Gasteiger partial charge >= 0.3 is 6.18 Å². The summed E-state index contributed by atoms with van der Waals surface area (Å²) in [6.45, 7) is 2.84. The Balaban J connectivity index is 2.49. The van der Waals surface area contributed by atoms with Gasteiger partial charge in [0.2, 0.25) is 0 Å². The van der Waals surface area contributed by atoms with Crippen molar-refractivity contribution in [3.05, 3.63) is 23.0 Å². The molecule has 0 aromatic carbocycles. The number of aryl methyl sites for hydroxylation is 1. The summed E-state index contributed by atoms with van der Waals surface area (Å²) < 4.78 is 42.2. The third kappa shape index (κ3) is 3.87. The molecule has 0 radical (unpaired) electrons. The number of alkyl halides is 3. The van der Waals surface area contributed by atoms with Gasteiger partial charge in [0.1, 0.15) is 6.61 Å². The van der Waals surface area contributed by atoms with Crippen LogP contribution >= 0.6 is 0 Å². The first-order valence-electron chi connectivity index (χ1n) is 5.53. The van der Waals surface area contributed by atoms with Crippen LogP contribution in [0.25, 0.3) is 0 Å². The Kier molecular flexibility index (Phi) is 4.56. The largest absolute Gasteiger partial charge is 0.391 e. The Morgan fingerprint density at radius 1 is 1.39 bits per heavy atom. The Labute approximate surface area is 104 Å². The second-order valence-electron chi connectivity index (χ2n) is 4.18. The van der Waals surface area contributed by atoms with Crippen LogP contribution in [0.4, 0.5) is 13.2 Å². The number of ether oxygens (including phenoxy) is 1. The average Bonchev–Trinajstić information content (AvgIpc) is 2.51. The lowest BCUT2D eigenvalue weighted by Crippen LogP contribution is -2.15. The van der Waals surface area contributed by atoms with E-state index in [1.165, 1.54) is 0 Å². The fourth-order valence-corrected chi connectivity index (χ4v) is 1.57. The van der Waals surface area contributed by atoms with Gasteiger partial charge in [-0.2, -0.15) is 13.2 Å². The summed E-state index contributed by atoms with van der Waals surface area (Å²) in [6.07, 6.45) is -5.28. The van der Waals surface area contributed by atoms with E-state index in [4.69, 9.17) is 4.74 Å². The highest BCUT2D eigenvalue weighted by atomic mass is 19.4. The highest BCUT2D eigenvalue weighted by Crippen LogP contribution is 2.19. The van der Waals surface area contributed by atoms with Gasteiger partial charge in [0.15, 0.2) is 5.78 Å². The lowest BCUT2D eigenvalue weighted by molar-refractivity contribution is -0.144. The van der Waals surface area contributed by atoms with E-state index in [1.807, 2.05) is 18.5 Å². The second kappa shape index (κ2) is 5.56. The summed E-state index contributed by atoms with van der Waals surface area (Å²) in [4.78, 5) is 11.7. The summed E-state index contributed by atoms with van der Waals surface area (Å²) in [7, 11) is 1.83. The predicted octanol–water partition coefficient (Wildman–Crippen LogP) is 2.79. The molecule has 0 saturated carbocycles. The van der Waals surface area contributed by atoms with Gasteiger partial charge in [-0.1, -0.05) is 0 Å². The van der Waals surface area contributed by atoms with Crippen LogP contribution in [0.5, 0.6) is 0 Å². The van der Waals surface area contributed by atoms with Crippen LogP contribution in [-0.2, 0) is 11.8 Å². The first-order valence-corrected chi connectivity index (χ1v) is 5.53. The van der Waals surface area contributed by atoms with Crippen molar-refractivity contribution < 1.29 is 22.7 Å². The molecule has 18 heavy (non-hydrogen) atoms. The van der Waals surface area contributed by atoms with Crippen LogP contribution in [0, 0.1) is 13.8 Å². The summed E-state index contributed by atoms with van der Waals surface area (Å²) in [6, 6.07) is 1.71. The van der Waals surface area contributed by atoms with Crippen molar-refractivity contribution in [1.82, 2.24) is 4.57 Å². The number of carbonyl (C=O) groups excluding carboxylic acids is 1. The van der Waals surface area contributed by atoms with Crippen LogP contribution in [0.15, 0.2) is 6.07 Å². The minimum absolute atomic E-state index is 0.293. The minimum Gasteiger partial charge on any atom is -0.373 e. The van der Waals surface area contributed by atoms with E-state index < -0.39 is 19.2 Å². The Morgan fingerprint density at radius 2 is 2.00 bits per heavy atom. The number of carbonyl (C=O) groups is 1. The molecule has 0 amide bonds. The molecule has 1 heterocycles. The van der Waals surface area contributed by atoms with Gasteiger partial charge in [-0.15, -0.1) is 0 Å². The van der Waals surface area contributed by atoms with E-state index in [2.05, 4.69) is 0 Å². The quantitative estimate of drug-likeness (QED) is 0.604. The van der Waals surface area contributed by atoms with Crippen molar-refractivity contribution in [2.75, 3.05) is 13.2 Å². The maximum Gasteiger partial charge on any atom is 0.391 e. The van der Waals surface area contributed by atoms with Crippen molar-refractivity contribution in [2.24, 2.45) is 7.05 Å². The zero-order chi connectivity index (χ0) is 13.9. The van der Waals surface area contributed by atoms with E-state index in [1.54, 1.807) is 13.0 Å². The number of aromatic nitrogens is 1. The molecule has 0 spiro atoms. The van der Waals surface area contributed by atoms with Crippen LogP contribution in [0.1, 0.15) is 28.2 Å². The third-order valence-electron chi connectivity index (χ3n) is 2.84. The number of nitrogens with zero attached hydrogens (tertiary/aromatic N) is 1. The molecular formula is C12H16F3NO2. The molecule has 1 aromatic heterocycles. The van der Waals surface area contributed by atoms with Crippen LogP contribution in [-0.4, -0.2) is 29.7 Å². The normalized spacial score (nSPS) is 11.9. The van der Waals surface area contributed by atoms with Crippen LogP contribution in [0.3, 0.4) is 0 Å². The van der Waals surface area contributed by atoms with Crippen molar-refractivity contribution in [3.63, 3.8) is 0 Å². The topological polar surface area (TPSA) is 31.2 Å². The number of rotatable bonds is 5. The van der Waals surface area contributed by atoms with Gasteiger partial charge in [0.05, 0.1) is 13.0 Å². The van der Waals surface area contributed by atoms with Crippen molar-refractivity contribution >= 4 is 5.78 Å². The van der Waals surface area contributed by atoms with E-state index in [0.717, 1.165) is 11.4 Å². The molecule has 0 bridgehead atoms. The highest BCUT2D eigenvalue weighted by Gasteiger charge is 2.26. The van der Waals surface area contributed by atoms with Gasteiger partial charge in [0.25, 0.3) is 0 Å². The van der Waals surface area contributed by atoms with Gasteiger partial charge in [-0.05, 0) is 19.9 Å². The molecule has 1 rings (SSSR count). The average molecular weight is 263 g/mol. The molecule has 0 aliphatic rings. The third-order valence-corrected chi connectivity index (χ3v) is 2.84. The molecule has 0 aliphatic carbocycles. The Morgan fingerprint density at radius 3 is 2.44 bits per heavy atom. The van der Waals surface area contributed by atoms with E-state index in [9.17, 15) is 18.0 Å². The van der Waals surface area contributed by atoms with Gasteiger partial charge in [0, 0.05) is 24.0 Å². The Bertz CT molecular complexity index is 435. The number of hydrogen-bond donors (Lipinski definition) is 0. The van der Waals surface area contributed by atoms with Gasteiger partial charge in [-0.3, -0.25) is 4.79 Å². The lowest BCUT2D eigenvalue weighted by atomic mass is 10.1. The Hall–Kier alpha value is -1.30. The molecule has 0 atom stereocenters.